The molecule has 2 rings (SSSR count). The number of para-hydroxylation sites is 2. The first-order valence-corrected chi connectivity index (χ1v) is 8.00. The van der Waals surface area contributed by atoms with E-state index < -0.39 is 11.9 Å². The van der Waals surface area contributed by atoms with E-state index in [1.165, 1.54) is 11.0 Å². The van der Waals surface area contributed by atoms with Gasteiger partial charge in [-0.3, -0.25) is 0 Å². The van der Waals surface area contributed by atoms with Gasteiger partial charge in [-0.2, -0.15) is 0 Å². The quantitative estimate of drug-likeness (QED) is 0.615. The van der Waals surface area contributed by atoms with Crippen molar-refractivity contribution in [2.45, 2.75) is 32.6 Å². The number of halogens is 1. The van der Waals surface area contributed by atoms with Gasteiger partial charge in [0.25, 0.3) is 0 Å². The van der Waals surface area contributed by atoms with Crippen LogP contribution in [0.3, 0.4) is 0 Å². The normalized spacial score (nSPS) is 10.3. The Balaban J connectivity index is 2.15. The fraction of sp³-hybridized carbons (Fsp3) is 0.316. The maximum absolute atomic E-state index is 14.1. The zero-order valence-corrected chi connectivity index (χ0v) is 13.4. The van der Waals surface area contributed by atoms with E-state index in [2.05, 4.69) is 6.92 Å². The van der Waals surface area contributed by atoms with Crippen LogP contribution in [0.4, 0.5) is 20.6 Å². The van der Waals surface area contributed by atoms with Crippen molar-refractivity contribution in [2.24, 2.45) is 0 Å². The SMILES string of the molecule is CCCCCCOC(=O)N(c1ccccc1)c1ccccc1F. The van der Waals surface area contributed by atoms with Crippen LogP contribution in [0.15, 0.2) is 54.6 Å². The number of hydrogen-bond donors (Lipinski definition) is 0. The summed E-state index contributed by atoms with van der Waals surface area (Å²) in [6.07, 6.45) is 3.53. The molecule has 0 aliphatic heterocycles. The number of ether oxygens (including phenoxy) is 1. The van der Waals surface area contributed by atoms with E-state index in [9.17, 15) is 9.18 Å². The molecule has 0 bridgehead atoms. The molecular weight excluding hydrogens is 293 g/mol. The van der Waals surface area contributed by atoms with Crippen molar-refractivity contribution >= 4 is 17.5 Å². The first-order chi connectivity index (χ1) is 11.2. The standard InChI is InChI=1S/C19H22FNO2/c1-2-3-4-10-15-23-19(22)21(16-11-6-5-7-12-16)18-14-9-8-13-17(18)20/h5-9,11-14H,2-4,10,15H2,1H3. The van der Waals surface area contributed by atoms with Crippen LogP contribution in [0.1, 0.15) is 32.6 Å². The highest BCUT2D eigenvalue weighted by Crippen LogP contribution is 2.28. The summed E-state index contributed by atoms with van der Waals surface area (Å²) in [5.74, 6) is -0.459. The summed E-state index contributed by atoms with van der Waals surface area (Å²) in [6, 6.07) is 15.2. The van der Waals surface area contributed by atoms with Crippen molar-refractivity contribution in [2.75, 3.05) is 11.5 Å². The van der Waals surface area contributed by atoms with E-state index in [1.807, 2.05) is 6.07 Å². The van der Waals surface area contributed by atoms with Gasteiger partial charge in [-0.15, -0.1) is 0 Å². The number of benzene rings is 2. The van der Waals surface area contributed by atoms with Gasteiger partial charge in [0, 0.05) is 0 Å². The summed E-state index contributed by atoms with van der Waals surface area (Å²) >= 11 is 0. The predicted molar refractivity (Wildman–Crippen MR) is 90.5 cm³/mol. The van der Waals surface area contributed by atoms with Gasteiger partial charge in [-0.25, -0.2) is 14.1 Å². The summed E-state index contributed by atoms with van der Waals surface area (Å²) in [6.45, 7) is 2.47. The number of amides is 1. The Kier molecular flexibility index (Phi) is 6.60. The minimum atomic E-state index is -0.558. The Bertz CT molecular complexity index is 616. The molecule has 0 aliphatic carbocycles. The molecule has 0 saturated heterocycles. The predicted octanol–water partition coefficient (Wildman–Crippen LogP) is 5.68. The average Bonchev–Trinajstić information content (AvgIpc) is 2.58. The maximum atomic E-state index is 14.1. The minimum Gasteiger partial charge on any atom is -0.449 e. The summed E-state index contributed by atoms with van der Waals surface area (Å²) < 4.78 is 19.5. The van der Waals surface area contributed by atoms with Crippen LogP contribution in [0.2, 0.25) is 0 Å². The smallest absolute Gasteiger partial charge is 0.419 e. The van der Waals surface area contributed by atoms with Crippen molar-refractivity contribution in [3.63, 3.8) is 0 Å². The van der Waals surface area contributed by atoms with Crippen molar-refractivity contribution in [3.8, 4) is 0 Å². The van der Waals surface area contributed by atoms with E-state index in [4.69, 9.17) is 4.74 Å². The second-order valence-electron chi connectivity index (χ2n) is 5.30. The van der Waals surface area contributed by atoms with Crippen molar-refractivity contribution in [1.82, 2.24) is 0 Å². The van der Waals surface area contributed by atoms with Gasteiger partial charge in [0.05, 0.1) is 18.0 Å². The molecule has 0 unspecified atom stereocenters. The average molecular weight is 315 g/mol. The van der Waals surface area contributed by atoms with Crippen molar-refractivity contribution in [3.05, 3.63) is 60.4 Å². The number of nitrogens with zero attached hydrogens (tertiary/aromatic N) is 1. The molecule has 0 radical (unpaired) electrons. The first-order valence-electron chi connectivity index (χ1n) is 8.00. The van der Waals surface area contributed by atoms with Gasteiger partial charge in [0.1, 0.15) is 5.82 Å². The molecule has 0 atom stereocenters. The second kappa shape index (κ2) is 8.93. The molecule has 122 valence electrons. The molecule has 0 aliphatic rings. The zero-order valence-electron chi connectivity index (χ0n) is 13.4. The van der Waals surface area contributed by atoms with Crippen LogP contribution >= 0.6 is 0 Å². The highest BCUT2D eigenvalue weighted by molar-refractivity contribution is 5.96. The summed E-state index contributed by atoms with van der Waals surface area (Å²) in [4.78, 5) is 13.7. The molecule has 23 heavy (non-hydrogen) atoms. The summed E-state index contributed by atoms with van der Waals surface area (Å²) in [5.41, 5.74) is 0.772. The molecule has 3 nitrogen and oxygen atoms in total. The number of carbonyl (C=O) groups is 1. The monoisotopic (exact) mass is 315 g/mol. The van der Waals surface area contributed by atoms with Crippen LogP contribution in [-0.2, 0) is 4.74 Å². The topological polar surface area (TPSA) is 29.5 Å². The lowest BCUT2D eigenvalue weighted by Crippen LogP contribution is -2.27. The van der Waals surface area contributed by atoms with Crippen LogP contribution in [0, 0.1) is 5.82 Å². The van der Waals surface area contributed by atoms with Gasteiger partial charge >= 0.3 is 6.09 Å². The third kappa shape index (κ3) is 4.81. The van der Waals surface area contributed by atoms with Crippen molar-refractivity contribution < 1.29 is 13.9 Å². The number of anilines is 2. The Morgan fingerprint density at radius 2 is 1.70 bits per heavy atom. The molecule has 0 spiro atoms. The molecule has 1 amide bonds. The lowest BCUT2D eigenvalue weighted by atomic mass is 10.2. The molecule has 4 heteroatoms. The highest BCUT2D eigenvalue weighted by Gasteiger charge is 2.22. The van der Waals surface area contributed by atoms with Crippen LogP contribution in [-0.4, -0.2) is 12.7 Å². The Labute approximate surface area is 136 Å². The fourth-order valence-electron chi connectivity index (χ4n) is 2.31. The second-order valence-corrected chi connectivity index (χ2v) is 5.30. The van der Waals surface area contributed by atoms with E-state index in [0.717, 1.165) is 25.7 Å². The lowest BCUT2D eigenvalue weighted by molar-refractivity contribution is 0.154. The molecule has 0 saturated carbocycles. The molecule has 0 heterocycles. The number of unbranched alkanes of at least 4 members (excludes halogenated alkanes) is 3. The third-order valence-corrected chi connectivity index (χ3v) is 3.51. The molecule has 2 aromatic rings. The molecule has 2 aromatic carbocycles. The number of rotatable bonds is 7. The largest absolute Gasteiger partial charge is 0.449 e. The van der Waals surface area contributed by atoms with Crippen molar-refractivity contribution in [1.29, 1.82) is 0 Å². The van der Waals surface area contributed by atoms with Gasteiger partial charge in [0.2, 0.25) is 0 Å². The third-order valence-electron chi connectivity index (χ3n) is 3.51. The van der Waals surface area contributed by atoms with E-state index in [0.29, 0.717) is 12.3 Å². The van der Waals surface area contributed by atoms with Crippen LogP contribution in [0.5, 0.6) is 0 Å². The zero-order chi connectivity index (χ0) is 16.5. The number of hydrogen-bond acceptors (Lipinski definition) is 2. The fourth-order valence-corrected chi connectivity index (χ4v) is 2.31. The minimum absolute atomic E-state index is 0.192. The Hall–Kier alpha value is -2.36. The Morgan fingerprint density at radius 1 is 1.00 bits per heavy atom. The van der Waals surface area contributed by atoms with E-state index in [-0.39, 0.29) is 5.69 Å². The maximum Gasteiger partial charge on any atom is 0.419 e. The number of carbonyl (C=O) groups excluding carboxylic acids is 1. The van der Waals surface area contributed by atoms with Gasteiger partial charge in [-0.1, -0.05) is 56.5 Å². The van der Waals surface area contributed by atoms with Gasteiger partial charge < -0.3 is 4.74 Å². The molecule has 0 fully saturated rings. The van der Waals surface area contributed by atoms with E-state index in [1.54, 1.807) is 42.5 Å². The highest BCUT2D eigenvalue weighted by atomic mass is 19.1. The van der Waals surface area contributed by atoms with Crippen LogP contribution in [0.25, 0.3) is 0 Å². The first kappa shape index (κ1) is 17.0. The lowest BCUT2D eigenvalue weighted by Gasteiger charge is -2.22. The van der Waals surface area contributed by atoms with Crippen LogP contribution < -0.4 is 4.90 Å². The van der Waals surface area contributed by atoms with Gasteiger partial charge in [0.15, 0.2) is 0 Å². The molecule has 0 N–H and O–H groups in total. The summed E-state index contributed by atoms with van der Waals surface area (Å²) in [7, 11) is 0. The van der Waals surface area contributed by atoms with E-state index >= 15 is 0 Å². The van der Waals surface area contributed by atoms with Gasteiger partial charge in [-0.05, 0) is 30.7 Å². The molecule has 0 aromatic heterocycles. The Morgan fingerprint density at radius 3 is 2.39 bits per heavy atom. The molecular formula is C19H22FNO2. The summed E-state index contributed by atoms with van der Waals surface area (Å²) in [5, 5.41) is 0.